The number of aliphatic hydroxyl groups is 2. The Bertz CT molecular complexity index is 2030. The lowest BCUT2D eigenvalue weighted by atomic mass is 9.87. The van der Waals surface area contributed by atoms with E-state index in [-0.39, 0.29) is 47.4 Å². The van der Waals surface area contributed by atoms with Gasteiger partial charge < -0.3 is 55.6 Å². The number of nitrogen functional groups attached to an aromatic ring is 1. The fraction of sp³-hybridized carbons (Fsp3) is 0.517. The number of amides is 2. The summed E-state index contributed by atoms with van der Waals surface area (Å²) in [5.74, 6) is -0.760. The number of carbonyl (C=O) groups is 3. The van der Waals surface area contributed by atoms with Gasteiger partial charge >= 0.3 is 23.5 Å². The summed E-state index contributed by atoms with van der Waals surface area (Å²) in [5, 5.41) is 26.1. The molecule has 58 heavy (non-hydrogen) atoms. The maximum absolute atomic E-state index is 12.7. The van der Waals surface area contributed by atoms with Crippen molar-refractivity contribution in [1.82, 2.24) is 30.2 Å². The predicted octanol–water partition coefficient (Wildman–Crippen LogP) is 0.0388. The second kappa shape index (κ2) is 20.2. The molecule has 1 fully saturated rings. The number of rotatable bonds is 20. The summed E-state index contributed by atoms with van der Waals surface area (Å²) in [7, 11) is -16.4. The highest BCUT2D eigenvalue weighted by Gasteiger charge is 2.50. The molecule has 2 aliphatic heterocycles. The van der Waals surface area contributed by atoms with Crippen molar-refractivity contribution in [1.29, 1.82) is 0 Å². The number of phosphoric acid groups is 3. The number of imidazole rings is 1. The number of aromatic nitrogens is 4. The van der Waals surface area contributed by atoms with Crippen LogP contribution in [0.25, 0.3) is 11.2 Å². The van der Waals surface area contributed by atoms with Crippen molar-refractivity contribution in [3.05, 3.63) is 49.0 Å². The molecule has 25 nitrogen and oxygen atoms in total. The molecule has 7 atom stereocenters. The molecule has 4 heterocycles. The Morgan fingerprint density at radius 2 is 1.81 bits per heavy atom. The third-order valence-electron chi connectivity index (χ3n) is 7.89. The highest BCUT2D eigenvalue weighted by Crippen LogP contribution is 2.61. The van der Waals surface area contributed by atoms with Crippen molar-refractivity contribution >= 4 is 69.1 Å². The first-order chi connectivity index (χ1) is 27.1. The number of fused-ring (bicyclic) bond motifs is 1. The molecular weight excluding hydrogens is 859 g/mol. The lowest BCUT2D eigenvalue weighted by Gasteiger charge is -2.30. The normalized spacial score (nSPS) is 23.1. The summed E-state index contributed by atoms with van der Waals surface area (Å²) < 4.78 is 67.4. The fourth-order valence-corrected chi connectivity index (χ4v) is 8.48. The van der Waals surface area contributed by atoms with Gasteiger partial charge in [0.05, 0.1) is 25.8 Å². The molecular formula is C29H42N7O18P3S. The number of thioether (sulfide) groups is 1. The van der Waals surface area contributed by atoms with Crippen molar-refractivity contribution in [3.63, 3.8) is 0 Å². The largest absolute Gasteiger partial charge is 0.481 e. The van der Waals surface area contributed by atoms with Crippen LogP contribution < -0.4 is 16.4 Å². The maximum atomic E-state index is 12.7. The number of nitrogens with one attached hydrogen (secondary N) is 2. The van der Waals surface area contributed by atoms with E-state index in [1.165, 1.54) is 26.2 Å². The lowest BCUT2D eigenvalue weighted by molar-refractivity contribution is -0.137. The van der Waals surface area contributed by atoms with Gasteiger partial charge in [-0.2, -0.15) is 4.31 Å². The van der Waals surface area contributed by atoms with Gasteiger partial charge in [0.15, 0.2) is 17.7 Å². The van der Waals surface area contributed by atoms with E-state index in [1.807, 2.05) is 6.08 Å². The van der Waals surface area contributed by atoms with Crippen LogP contribution in [0.4, 0.5) is 5.82 Å². The van der Waals surface area contributed by atoms with E-state index in [4.69, 9.17) is 24.3 Å². The summed E-state index contributed by atoms with van der Waals surface area (Å²) in [6.45, 7) is 0.385. The van der Waals surface area contributed by atoms with Crippen LogP contribution in [-0.4, -0.2) is 123 Å². The Labute approximate surface area is 333 Å². The molecule has 0 radical (unpaired) electrons. The first-order valence-corrected chi connectivity index (χ1v) is 22.3. The smallest absolute Gasteiger partial charge is 0.469 e. The van der Waals surface area contributed by atoms with Crippen molar-refractivity contribution < 1.29 is 85.2 Å². The summed E-state index contributed by atoms with van der Waals surface area (Å²) in [6, 6.07) is 0. The van der Waals surface area contributed by atoms with E-state index in [0.29, 0.717) is 12.2 Å². The molecule has 1 saturated heterocycles. The standard InChI is InChI=1S/C29H42N7O18P3S/c1-29(2,24(40)27(41)32-8-7-19(37)31-9-11-58-20(38)12-17-6-4-3-5-10-49-17)14-51-57(47,48)54-56(45,46)50-13-18-23(53-55(42,43)44)22(39)28(52-18)36-16-35-21-25(30)33-15-34-26(21)36/h3-5,10,12,15-16,18,22-24,28,39-40H,6-9,11,13-14H2,1-2H3,(H,31,37)(H,32,41)(H,45,46)(H,47,48)(H2,30,33,34)(H2,42,43,44)/b17-12-/t18-,22-,23-,24+,28-/m1/s1. The molecule has 2 aromatic heterocycles. The number of ether oxygens (including phenoxy) is 2. The van der Waals surface area contributed by atoms with Gasteiger partial charge in [-0.05, 0) is 6.08 Å². The SMILES string of the molecule is CC(C)(COP(=O)(O)OP(=O)(O)OC[C@H]1O[C@@H](n2cnc3c(N)ncnc32)[C@H](O)[C@@H]1OP(=O)(O)O)[C@@H](O)C(=O)NCCC(=O)NCCSC(=O)/C=C1/CC=CC=CO1. The summed E-state index contributed by atoms with van der Waals surface area (Å²) in [4.78, 5) is 87.8. The average Bonchev–Trinajstić information content (AvgIpc) is 3.57. The van der Waals surface area contributed by atoms with Crippen LogP contribution in [0.1, 0.15) is 32.9 Å². The monoisotopic (exact) mass is 901 g/mol. The quantitative estimate of drug-likeness (QED) is 0.0481. The lowest BCUT2D eigenvalue weighted by Crippen LogP contribution is -2.46. The van der Waals surface area contributed by atoms with Gasteiger partial charge in [0.1, 0.15) is 42.0 Å². The molecule has 0 bridgehead atoms. The second-order valence-electron chi connectivity index (χ2n) is 12.9. The Balaban J connectivity index is 1.21. The van der Waals surface area contributed by atoms with Gasteiger partial charge in [0.2, 0.25) is 16.9 Å². The summed E-state index contributed by atoms with van der Waals surface area (Å²) >= 11 is 0.966. The average molecular weight is 902 g/mol. The van der Waals surface area contributed by atoms with Crippen LogP contribution in [0.5, 0.6) is 0 Å². The van der Waals surface area contributed by atoms with Gasteiger partial charge in [0, 0.05) is 43.2 Å². The molecule has 2 amide bonds. The maximum Gasteiger partial charge on any atom is 0.481 e. The molecule has 0 aliphatic carbocycles. The zero-order valence-corrected chi connectivity index (χ0v) is 34.1. The molecule has 10 N–H and O–H groups in total. The first kappa shape index (κ1) is 47.3. The minimum Gasteiger partial charge on any atom is -0.469 e. The molecule has 0 spiro atoms. The van der Waals surface area contributed by atoms with E-state index in [0.717, 1.165) is 29.0 Å². The van der Waals surface area contributed by atoms with Gasteiger partial charge in [-0.15, -0.1) is 0 Å². The number of hydrogen-bond donors (Lipinski definition) is 9. The third-order valence-corrected chi connectivity index (χ3v) is 11.8. The topological polar surface area (TPSA) is 373 Å². The highest BCUT2D eigenvalue weighted by atomic mass is 32.2. The molecule has 2 aromatic rings. The van der Waals surface area contributed by atoms with Gasteiger partial charge in [-0.1, -0.05) is 37.8 Å². The van der Waals surface area contributed by atoms with Crippen LogP contribution in [-0.2, 0) is 55.4 Å². The molecule has 322 valence electrons. The number of nitrogens with zero attached hydrogens (tertiary/aromatic N) is 4. The van der Waals surface area contributed by atoms with Crippen molar-refractivity contribution in [3.8, 4) is 0 Å². The predicted molar refractivity (Wildman–Crippen MR) is 199 cm³/mol. The van der Waals surface area contributed by atoms with Crippen molar-refractivity contribution in [2.24, 2.45) is 5.41 Å². The Kier molecular flexibility index (Phi) is 16.5. The van der Waals surface area contributed by atoms with E-state index >= 15 is 0 Å². The number of allylic oxidation sites excluding steroid dienone is 3. The minimum atomic E-state index is -5.58. The number of anilines is 1. The second-order valence-corrected chi connectivity index (χ2v) is 18.3. The molecule has 4 rings (SSSR count). The van der Waals surface area contributed by atoms with Crippen LogP contribution in [0.3, 0.4) is 0 Å². The number of nitrogens with two attached hydrogens (primary N) is 1. The van der Waals surface area contributed by atoms with E-state index in [1.54, 1.807) is 12.2 Å². The van der Waals surface area contributed by atoms with Crippen LogP contribution in [0, 0.1) is 5.41 Å². The Hall–Kier alpha value is -3.42. The van der Waals surface area contributed by atoms with Gasteiger partial charge in [0.25, 0.3) is 0 Å². The summed E-state index contributed by atoms with van der Waals surface area (Å²) in [6.07, 6.45) is 1.58. The fourth-order valence-electron chi connectivity index (χ4n) is 5.03. The molecule has 0 aromatic carbocycles. The van der Waals surface area contributed by atoms with Gasteiger partial charge in [-0.25, -0.2) is 28.6 Å². The van der Waals surface area contributed by atoms with E-state index in [9.17, 15) is 57.9 Å². The summed E-state index contributed by atoms with van der Waals surface area (Å²) in [5.41, 5.74) is 4.24. The van der Waals surface area contributed by atoms with Crippen LogP contribution in [0.15, 0.2) is 49.0 Å². The van der Waals surface area contributed by atoms with Crippen LogP contribution >= 0.6 is 35.2 Å². The van der Waals surface area contributed by atoms with Crippen molar-refractivity contribution in [2.75, 3.05) is 37.8 Å². The zero-order chi connectivity index (χ0) is 42.9. The van der Waals surface area contributed by atoms with Crippen molar-refractivity contribution in [2.45, 2.75) is 57.3 Å². The minimum absolute atomic E-state index is 0.0271. The Morgan fingerprint density at radius 3 is 2.53 bits per heavy atom. The first-order valence-electron chi connectivity index (χ1n) is 16.8. The third kappa shape index (κ3) is 14.1. The van der Waals surface area contributed by atoms with Gasteiger partial charge in [-0.3, -0.25) is 32.5 Å². The number of phosphoric ester groups is 3. The molecule has 2 unspecified atom stereocenters. The van der Waals surface area contributed by atoms with E-state index in [2.05, 4.69) is 34.4 Å². The van der Waals surface area contributed by atoms with E-state index < -0.39 is 84.6 Å². The zero-order valence-electron chi connectivity index (χ0n) is 30.6. The molecule has 0 saturated carbocycles. The Morgan fingerprint density at radius 1 is 1.09 bits per heavy atom. The number of carbonyl (C=O) groups excluding carboxylic acids is 3. The highest BCUT2D eigenvalue weighted by molar-refractivity contribution is 8.14. The van der Waals surface area contributed by atoms with Crippen LogP contribution in [0.2, 0.25) is 0 Å². The number of hydrogen-bond acceptors (Lipinski definition) is 19. The number of aliphatic hydroxyl groups excluding tert-OH is 2. The molecule has 29 heteroatoms. The molecule has 2 aliphatic rings.